The largest absolute Gasteiger partial charge is 0.448 e. The van der Waals surface area contributed by atoms with Crippen LogP contribution in [-0.2, 0) is 4.74 Å². The van der Waals surface area contributed by atoms with Crippen LogP contribution in [0.3, 0.4) is 0 Å². The molecular weight excluding hydrogens is 424 g/mol. The fourth-order valence-corrected chi connectivity index (χ4v) is 6.59. The second kappa shape index (κ2) is 9.06. The number of fused-ring (bicyclic) bond motifs is 4. The minimum atomic E-state index is -0.142. The molecule has 0 aromatic heterocycles. The Kier molecular flexibility index (Phi) is 5.77. The molecule has 1 saturated carbocycles. The SMILES string of the molecule is CN1C=NC(CN2CCN(C(=O)OCC3c4ccccc4-c4ccccc43)C3CCCCC32)C1. The first kappa shape index (κ1) is 21.7. The lowest BCUT2D eigenvalue weighted by atomic mass is 9.86. The number of hydrogen-bond acceptors (Lipinski definition) is 5. The zero-order valence-electron chi connectivity index (χ0n) is 20.0. The van der Waals surface area contributed by atoms with Gasteiger partial charge >= 0.3 is 6.09 Å². The molecule has 4 aliphatic rings. The van der Waals surface area contributed by atoms with Gasteiger partial charge in [-0.3, -0.25) is 9.89 Å². The van der Waals surface area contributed by atoms with Crippen LogP contribution in [0.4, 0.5) is 4.79 Å². The Hall–Kier alpha value is -2.86. The first-order valence-corrected chi connectivity index (χ1v) is 12.8. The lowest BCUT2D eigenvalue weighted by molar-refractivity contribution is -0.00863. The normalized spacial score (nSPS) is 26.3. The molecule has 3 atom stereocenters. The Balaban J connectivity index is 1.14. The number of carbonyl (C=O) groups excluding carboxylic acids is 1. The predicted molar refractivity (Wildman–Crippen MR) is 134 cm³/mol. The molecule has 3 unspecified atom stereocenters. The Morgan fingerprint density at radius 2 is 1.65 bits per heavy atom. The van der Waals surface area contributed by atoms with Gasteiger partial charge < -0.3 is 14.5 Å². The van der Waals surface area contributed by atoms with E-state index in [0.29, 0.717) is 18.7 Å². The smallest absolute Gasteiger partial charge is 0.410 e. The molecule has 2 aromatic rings. The van der Waals surface area contributed by atoms with Crippen LogP contribution in [0.15, 0.2) is 53.5 Å². The van der Waals surface area contributed by atoms with Crippen molar-refractivity contribution in [3.63, 3.8) is 0 Å². The van der Waals surface area contributed by atoms with Crippen molar-refractivity contribution in [3.8, 4) is 11.1 Å². The number of ether oxygens (including phenoxy) is 1. The topological polar surface area (TPSA) is 48.4 Å². The van der Waals surface area contributed by atoms with Crippen LogP contribution in [0.25, 0.3) is 11.1 Å². The fourth-order valence-electron chi connectivity index (χ4n) is 6.59. The van der Waals surface area contributed by atoms with Crippen molar-refractivity contribution in [1.29, 1.82) is 0 Å². The first-order chi connectivity index (χ1) is 16.7. The van der Waals surface area contributed by atoms with Crippen LogP contribution in [0, 0.1) is 0 Å². The third-order valence-electron chi connectivity index (χ3n) is 8.18. The van der Waals surface area contributed by atoms with E-state index in [1.165, 1.54) is 35.1 Å². The highest BCUT2D eigenvalue weighted by molar-refractivity contribution is 5.79. The van der Waals surface area contributed by atoms with E-state index in [9.17, 15) is 4.79 Å². The molecule has 6 nitrogen and oxygen atoms in total. The third kappa shape index (κ3) is 3.88. The summed E-state index contributed by atoms with van der Waals surface area (Å²) >= 11 is 0. The van der Waals surface area contributed by atoms with Crippen molar-refractivity contribution in [2.45, 2.75) is 49.7 Å². The van der Waals surface area contributed by atoms with E-state index in [2.05, 4.69) is 70.4 Å². The molecule has 2 aliphatic carbocycles. The van der Waals surface area contributed by atoms with E-state index in [0.717, 1.165) is 39.0 Å². The summed E-state index contributed by atoms with van der Waals surface area (Å²) < 4.78 is 6.05. The first-order valence-electron chi connectivity index (χ1n) is 12.8. The summed E-state index contributed by atoms with van der Waals surface area (Å²) in [5.74, 6) is 0.108. The summed E-state index contributed by atoms with van der Waals surface area (Å²) in [5, 5.41) is 0. The average molecular weight is 459 g/mol. The number of likely N-dealkylation sites (N-methyl/N-ethyl adjacent to an activating group) is 1. The van der Waals surface area contributed by atoms with Crippen LogP contribution in [0.1, 0.15) is 42.7 Å². The molecule has 1 amide bonds. The number of aliphatic imine (C=N–C) groups is 1. The van der Waals surface area contributed by atoms with Crippen molar-refractivity contribution in [3.05, 3.63) is 59.7 Å². The minimum Gasteiger partial charge on any atom is -0.448 e. The van der Waals surface area contributed by atoms with Gasteiger partial charge in [0.1, 0.15) is 6.61 Å². The molecule has 0 bridgehead atoms. The van der Waals surface area contributed by atoms with Gasteiger partial charge in [-0.25, -0.2) is 4.79 Å². The molecule has 6 rings (SSSR count). The Morgan fingerprint density at radius 3 is 2.32 bits per heavy atom. The van der Waals surface area contributed by atoms with Gasteiger partial charge in [0, 0.05) is 45.2 Å². The van der Waals surface area contributed by atoms with Gasteiger partial charge in [-0.1, -0.05) is 61.4 Å². The number of benzene rings is 2. The quantitative estimate of drug-likeness (QED) is 0.689. The van der Waals surface area contributed by atoms with E-state index in [-0.39, 0.29) is 18.1 Å². The highest BCUT2D eigenvalue weighted by Crippen LogP contribution is 2.44. The average Bonchev–Trinajstić information content (AvgIpc) is 3.43. The van der Waals surface area contributed by atoms with Crippen molar-refractivity contribution in [2.24, 2.45) is 4.99 Å². The van der Waals surface area contributed by atoms with Gasteiger partial charge in [0.05, 0.1) is 18.4 Å². The maximum absolute atomic E-state index is 13.4. The van der Waals surface area contributed by atoms with Gasteiger partial charge in [0.25, 0.3) is 0 Å². The van der Waals surface area contributed by atoms with E-state index >= 15 is 0 Å². The standard InChI is InChI=1S/C28H34N4O2/c1-30-16-20(29-19-30)17-31-14-15-32(27-13-7-6-12-26(27)31)28(33)34-18-25-23-10-4-2-8-21(23)22-9-3-5-11-24(22)25/h2-5,8-11,19-20,25-27H,6-7,12-18H2,1H3. The molecule has 0 spiro atoms. The lowest BCUT2D eigenvalue weighted by Gasteiger charge is -2.49. The van der Waals surface area contributed by atoms with E-state index in [1.807, 2.05) is 11.2 Å². The summed E-state index contributed by atoms with van der Waals surface area (Å²) in [6.07, 6.45) is 6.47. The van der Waals surface area contributed by atoms with E-state index in [4.69, 9.17) is 4.74 Å². The Labute approximate surface area is 202 Å². The fraction of sp³-hybridized carbons (Fsp3) is 0.500. The summed E-state index contributed by atoms with van der Waals surface area (Å²) in [5.41, 5.74) is 5.05. The second-order valence-corrected chi connectivity index (χ2v) is 10.3. The van der Waals surface area contributed by atoms with Crippen LogP contribution in [0.5, 0.6) is 0 Å². The van der Waals surface area contributed by atoms with Gasteiger partial charge in [-0.15, -0.1) is 0 Å². The highest BCUT2D eigenvalue weighted by Gasteiger charge is 2.42. The number of hydrogen-bond donors (Lipinski definition) is 0. The zero-order valence-corrected chi connectivity index (χ0v) is 20.0. The van der Waals surface area contributed by atoms with Gasteiger partial charge in [0.2, 0.25) is 0 Å². The zero-order chi connectivity index (χ0) is 23.1. The lowest BCUT2D eigenvalue weighted by Crippen LogP contribution is -2.63. The molecule has 178 valence electrons. The molecule has 0 N–H and O–H groups in total. The van der Waals surface area contributed by atoms with Crippen LogP contribution >= 0.6 is 0 Å². The van der Waals surface area contributed by atoms with Crippen LogP contribution < -0.4 is 0 Å². The molecule has 1 saturated heterocycles. The molecule has 2 aromatic carbocycles. The van der Waals surface area contributed by atoms with Gasteiger partial charge in [-0.05, 0) is 35.1 Å². The maximum atomic E-state index is 13.4. The van der Waals surface area contributed by atoms with E-state index in [1.54, 1.807) is 0 Å². The van der Waals surface area contributed by atoms with Crippen molar-refractivity contribution < 1.29 is 9.53 Å². The number of piperazine rings is 1. The maximum Gasteiger partial charge on any atom is 0.410 e. The molecule has 2 aliphatic heterocycles. The minimum absolute atomic E-state index is 0.108. The van der Waals surface area contributed by atoms with Crippen molar-refractivity contribution in [2.75, 3.05) is 39.8 Å². The monoisotopic (exact) mass is 458 g/mol. The Bertz CT molecular complexity index is 1040. The summed E-state index contributed by atoms with van der Waals surface area (Å²) in [4.78, 5) is 24.8. The highest BCUT2D eigenvalue weighted by atomic mass is 16.6. The van der Waals surface area contributed by atoms with Crippen molar-refractivity contribution in [1.82, 2.24) is 14.7 Å². The number of rotatable bonds is 4. The summed E-state index contributed by atoms with van der Waals surface area (Å²) in [6, 6.07) is 18.0. The summed E-state index contributed by atoms with van der Waals surface area (Å²) in [6.45, 7) is 4.02. The van der Waals surface area contributed by atoms with Crippen LogP contribution in [-0.4, -0.2) is 85.1 Å². The molecule has 0 radical (unpaired) electrons. The van der Waals surface area contributed by atoms with E-state index < -0.39 is 0 Å². The molecule has 2 fully saturated rings. The molecular formula is C28H34N4O2. The van der Waals surface area contributed by atoms with Gasteiger partial charge in [0.15, 0.2) is 0 Å². The number of amides is 1. The number of carbonyl (C=O) groups is 1. The predicted octanol–water partition coefficient (Wildman–Crippen LogP) is 4.21. The Morgan fingerprint density at radius 1 is 0.971 bits per heavy atom. The molecule has 2 heterocycles. The number of nitrogens with zero attached hydrogens (tertiary/aromatic N) is 4. The second-order valence-electron chi connectivity index (χ2n) is 10.3. The molecule has 6 heteroatoms. The van der Waals surface area contributed by atoms with Gasteiger partial charge in [-0.2, -0.15) is 0 Å². The summed E-state index contributed by atoms with van der Waals surface area (Å²) in [7, 11) is 2.09. The van der Waals surface area contributed by atoms with Crippen LogP contribution in [0.2, 0.25) is 0 Å². The molecule has 34 heavy (non-hydrogen) atoms. The third-order valence-corrected chi connectivity index (χ3v) is 8.18. The van der Waals surface area contributed by atoms with Crippen molar-refractivity contribution >= 4 is 12.4 Å².